The van der Waals surface area contributed by atoms with Gasteiger partial charge in [0.15, 0.2) is 0 Å². The fourth-order valence-electron chi connectivity index (χ4n) is 1.95. The van der Waals surface area contributed by atoms with Crippen LogP contribution in [-0.4, -0.2) is 23.8 Å². The van der Waals surface area contributed by atoms with Gasteiger partial charge in [0.25, 0.3) is 5.91 Å². The fraction of sp³-hybridized carbons (Fsp3) is 0.0909. The smallest absolute Gasteiger partial charge is 0.346 e. The van der Waals surface area contributed by atoms with Gasteiger partial charge in [-0.2, -0.15) is 0 Å². The molecule has 0 spiro atoms. The minimum atomic E-state index is -0.766. The molecule has 6 heteroatoms. The van der Waals surface area contributed by atoms with Gasteiger partial charge >= 0.3 is 11.9 Å². The molecule has 0 bridgehead atoms. The largest absolute Gasteiger partial charge is 0.386 e. The van der Waals surface area contributed by atoms with Crippen LogP contribution in [0.15, 0.2) is 12.1 Å². The minimum absolute atomic E-state index is 0.00975. The zero-order valence-electron chi connectivity index (χ0n) is 8.40. The molecule has 1 aromatic carbocycles. The van der Waals surface area contributed by atoms with Crippen LogP contribution in [0.5, 0.6) is 0 Å². The summed E-state index contributed by atoms with van der Waals surface area (Å²) in [6.07, 6.45) is 0.00975. The summed E-state index contributed by atoms with van der Waals surface area (Å²) in [5.74, 6) is -2.50. The Kier molecular flexibility index (Phi) is 1.72. The standard InChI is InChI=1S/C11H5NO5/c13-8-2-4-1-6-7(11(16)17-10(6)15)3-5(4)9(14)12-8/h1,3H,2H2,(H,12,13,14). The average Bonchev–Trinajstić information content (AvgIpc) is 2.52. The topological polar surface area (TPSA) is 89.5 Å². The summed E-state index contributed by atoms with van der Waals surface area (Å²) in [5.41, 5.74) is 0.841. The molecule has 2 aliphatic rings. The van der Waals surface area contributed by atoms with Crippen LogP contribution in [0.3, 0.4) is 0 Å². The Morgan fingerprint density at radius 2 is 1.59 bits per heavy atom. The van der Waals surface area contributed by atoms with Crippen LogP contribution < -0.4 is 5.32 Å². The molecule has 0 aliphatic carbocycles. The molecule has 0 saturated carbocycles. The SMILES string of the molecule is O=C1Cc2cc3c(cc2C(=O)N1)C(=O)OC3=O. The van der Waals surface area contributed by atoms with Crippen molar-refractivity contribution in [2.75, 3.05) is 0 Å². The van der Waals surface area contributed by atoms with E-state index < -0.39 is 23.8 Å². The lowest BCUT2D eigenvalue weighted by Gasteiger charge is -2.15. The van der Waals surface area contributed by atoms with Crippen LogP contribution in [-0.2, 0) is 16.0 Å². The number of hydrogen-bond acceptors (Lipinski definition) is 5. The van der Waals surface area contributed by atoms with Crippen molar-refractivity contribution >= 4 is 23.8 Å². The minimum Gasteiger partial charge on any atom is -0.386 e. The quantitative estimate of drug-likeness (QED) is 0.379. The zero-order valence-corrected chi connectivity index (χ0v) is 8.40. The predicted octanol–water partition coefficient (Wildman–Crippen LogP) is -0.190. The molecule has 0 atom stereocenters. The van der Waals surface area contributed by atoms with Crippen molar-refractivity contribution < 1.29 is 23.9 Å². The molecule has 2 heterocycles. The van der Waals surface area contributed by atoms with Crippen LogP contribution in [0.25, 0.3) is 0 Å². The molecule has 2 aliphatic heterocycles. The summed E-state index contributed by atoms with van der Waals surface area (Å²) in [7, 11) is 0. The van der Waals surface area contributed by atoms with Crippen LogP contribution in [0.4, 0.5) is 0 Å². The molecular weight excluding hydrogens is 226 g/mol. The van der Waals surface area contributed by atoms with E-state index in [9.17, 15) is 19.2 Å². The van der Waals surface area contributed by atoms with E-state index in [0.29, 0.717) is 5.56 Å². The van der Waals surface area contributed by atoms with E-state index in [1.807, 2.05) is 0 Å². The summed E-state index contributed by atoms with van der Waals surface area (Å²) < 4.78 is 4.42. The van der Waals surface area contributed by atoms with Crippen LogP contribution in [0.1, 0.15) is 36.6 Å². The van der Waals surface area contributed by atoms with Gasteiger partial charge in [0.05, 0.1) is 17.5 Å². The molecule has 0 aromatic heterocycles. The van der Waals surface area contributed by atoms with Gasteiger partial charge in [-0.25, -0.2) is 9.59 Å². The van der Waals surface area contributed by atoms with E-state index in [2.05, 4.69) is 10.1 Å². The van der Waals surface area contributed by atoms with E-state index >= 15 is 0 Å². The van der Waals surface area contributed by atoms with Crippen molar-refractivity contribution in [1.29, 1.82) is 0 Å². The van der Waals surface area contributed by atoms with Gasteiger partial charge in [-0.05, 0) is 17.7 Å². The van der Waals surface area contributed by atoms with Crippen molar-refractivity contribution in [3.8, 4) is 0 Å². The highest BCUT2D eigenvalue weighted by atomic mass is 16.6. The molecule has 0 radical (unpaired) electrons. The first-order valence-electron chi connectivity index (χ1n) is 4.84. The normalized spacial score (nSPS) is 17.4. The third kappa shape index (κ3) is 1.27. The predicted molar refractivity (Wildman–Crippen MR) is 52.4 cm³/mol. The number of carbonyl (C=O) groups excluding carboxylic acids is 4. The lowest BCUT2D eigenvalue weighted by molar-refractivity contribution is -0.119. The van der Waals surface area contributed by atoms with Crippen molar-refractivity contribution in [3.63, 3.8) is 0 Å². The van der Waals surface area contributed by atoms with Gasteiger partial charge in [0.2, 0.25) is 5.91 Å². The van der Waals surface area contributed by atoms with Crippen LogP contribution in [0, 0.1) is 0 Å². The molecule has 0 saturated heterocycles. The summed E-state index contributed by atoms with van der Waals surface area (Å²) in [5, 5.41) is 2.14. The first-order chi connectivity index (χ1) is 8.06. The van der Waals surface area contributed by atoms with E-state index in [0.717, 1.165) is 0 Å². The van der Waals surface area contributed by atoms with Crippen LogP contribution in [0.2, 0.25) is 0 Å². The molecule has 17 heavy (non-hydrogen) atoms. The van der Waals surface area contributed by atoms with Crippen molar-refractivity contribution in [2.24, 2.45) is 0 Å². The monoisotopic (exact) mass is 231 g/mol. The highest BCUT2D eigenvalue weighted by Crippen LogP contribution is 2.26. The summed E-state index contributed by atoms with van der Waals surface area (Å²) >= 11 is 0. The average molecular weight is 231 g/mol. The van der Waals surface area contributed by atoms with E-state index in [1.54, 1.807) is 0 Å². The molecule has 1 aromatic rings. The molecule has 2 amide bonds. The van der Waals surface area contributed by atoms with Crippen molar-refractivity contribution in [2.45, 2.75) is 6.42 Å². The highest BCUT2D eigenvalue weighted by Gasteiger charge is 2.33. The van der Waals surface area contributed by atoms with Gasteiger partial charge in [-0.3, -0.25) is 14.9 Å². The fourth-order valence-corrected chi connectivity index (χ4v) is 1.95. The Morgan fingerprint density at radius 1 is 0.941 bits per heavy atom. The number of esters is 2. The number of amides is 2. The number of imide groups is 1. The molecule has 0 unspecified atom stereocenters. The summed E-state index contributed by atoms with van der Waals surface area (Å²) in [4.78, 5) is 45.3. The zero-order chi connectivity index (χ0) is 12.2. The summed E-state index contributed by atoms with van der Waals surface area (Å²) in [6, 6.07) is 2.66. The molecule has 3 rings (SSSR count). The van der Waals surface area contributed by atoms with Gasteiger partial charge in [-0.15, -0.1) is 0 Å². The number of carbonyl (C=O) groups is 4. The van der Waals surface area contributed by atoms with Gasteiger partial charge in [-0.1, -0.05) is 0 Å². The number of hydrogen-bond donors (Lipinski definition) is 1. The van der Waals surface area contributed by atoms with E-state index in [-0.39, 0.29) is 23.1 Å². The Hall–Kier alpha value is -2.50. The maximum absolute atomic E-state index is 11.5. The second-order valence-electron chi connectivity index (χ2n) is 3.79. The Labute approximate surface area is 94.6 Å². The summed E-state index contributed by atoms with van der Waals surface area (Å²) in [6.45, 7) is 0. The Morgan fingerprint density at radius 3 is 2.29 bits per heavy atom. The number of rotatable bonds is 0. The van der Waals surface area contributed by atoms with Crippen molar-refractivity contribution in [3.05, 3.63) is 34.4 Å². The van der Waals surface area contributed by atoms with Gasteiger partial charge < -0.3 is 4.74 Å². The lowest BCUT2D eigenvalue weighted by Crippen LogP contribution is -2.37. The lowest BCUT2D eigenvalue weighted by atomic mass is 9.94. The first kappa shape index (κ1) is 9.71. The van der Waals surface area contributed by atoms with Crippen LogP contribution >= 0.6 is 0 Å². The van der Waals surface area contributed by atoms with E-state index in [1.165, 1.54) is 12.1 Å². The maximum atomic E-state index is 11.5. The molecule has 6 nitrogen and oxygen atoms in total. The van der Waals surface area contributed by atoms with Gasteiger partial charge in [0.1, 0.15) is 0 Å². The number of nitrogens with one attached hydrogen (secondary N) is 1. The maximum Gasteiger partial charge on any atom is 0.346 e. The molecule has 1 N–H and O–H groups in total. The number of benzene rings is 1. The first-order valence-corrected chi connectivity index (χ1v) is 4.84. The second-order valence-corrected chi connectivity index (χ2v) is 3.79. The Bertz CT molecular complexity index is 617. The second kappa shape index (κ2) is 3.00. The number of ether oxygens (including phenoxy) is 1. The Balaban J connectivity index is 2.25. The molecule has 84 valence electrons. The number of cyclic esters (lactones) is 2. The highest BCUT2D eigenvalue weighted by molar-refractivity contribution is 6.17. The number of fused-ring (bicyclic) bond motifs is 2. The molecule has 0 fully saturated rings. The van der Waals surface area contributed by atoms with Crippen molar-refractivity contribution in [1.82, 2.24) is 5.32 Å². The third-order valence-electron chi connectivity index (χ3n) is 2.72. The third-order valence-corrected chi connectivity index (χ3v) is 2.72. The molecular formula is C11H5NO5. The van der Waals surface area contributed by atoms with E-state index in [4.69, 9.17) is 0 Å². The van der Waals surface area contributed by atoms with Gasteiger partial charge in [0, 0.05) is 5.56 Å².